The molecule has 1 aliphatic heterocycles. The number of nitrogens with zero attached hydrogens (tertiary/aromatic N) is 2. The van der Waals surface area contributed by atoms with E-state index in [0.717, 1.165) is 28.0 Å². The van der Waals surface area contributed by atoms with Gasteiger partial charge in [-0.2, -0.15) is 18.4 Å². The van der Waals surface area contributed by atoms with Crippen LogP contribution in [0.15, 0.2) is 59.4 Å². The summed E-state index contributed by atoms with van der Waals surface area (Å²) in [6.07, 6.45) is -4.98. The molecule has 0 saturated carbocycles. The molecule has 2 aromatic carbocycles. The van der Waals surface area contributed by atoms with Crippen molar-refractivity contribution >= 4 is 11.3 Å². The molecule has 3 heterocycles. The fourth-order valence-corrected chi connectivity index (χ4v) is 4.87. The number of ether oxygens (including phenoxy) is 2. The summed E-state index contributed by atoms with van der Waals surface area (Å²) >= 11 is 1.10. The molecule has 1 aliphatic rings. The topological polar surface area (TPSA) is 64.2 Å². The Morgan fingerprint density at radius 1 is 0.972 bits per heavy atom. The van der Waals surface area contributed by atoms with Crippen LogP contribution in [0.3, 0.4) is 0 Å². The lowest BCUT2D eigenvalue weighted by molar-refractivity contribution is -0.137. The average molecular weight is 516 g/mol. The number of benzene rings is 2. The van der Waals surface area contributed by atoms with Gasteiger partial charge in [0.2, 0.25) is 6.79 Å². The lowest BCUT2D eigenvalue weighted by Gasteiger charge is -2.17. The van der Waals surface area contributed by atoms with Crippen molar-refractivity contribution in [3.63, 3.8) is 0 Å². The molecule has 2 aromatic heterocycles. The van der Waals surface area contributed by atoms with Gasteiger partial charge in [-0.15, -0.1) is 11.3 Å². The molecule has 11 heteroatoms. The van der Waals surface area contributed by atoms with Gasteiger partial charge < -0.3 is 14.0 Å². The molecule has 0 radical (unpaired) electrons. The smallest absolute Gasteiger partial charge is 0.417 e. The van der Waals surface area contributed by atoms with E-state index in [4.69, 9.17) is 9.47 Å². The van der Waals surface area contributed by atoms with E-state index in [9.17, 15) is 32.0 Å². The normalized spacial score (nSPS) is 12.6. The molecule has 5 nitrogen and oxygen atoms in total. The molecule has 0 saturated heterocycles. The first-order chi connectivity index (χ1) is 17.2. The molecule has 4 aromatic rings. The molecule has 182 valence electrons. The molecule has 0 fully saturated rings. The summed E-state index contributed by atoms with van der Waals surface area (Å²) in [4.78, 5) is 14.0. The van der Waals surface area contributed by atoms with Crippen LogP contribution in [-0.2, 0) is 12.7 Å². The maximum Gasteiger partial charge on any atom is 0.417 e. The quantitative estimate of drug-likeness (QED) is 0.304. The number of rotatable bonds is 4. The number of alkyl halides is 3. The number of fused-ring (bicyclic) bond motifs is 1. The monoisotopic (exact) mass is 516 g/mol. The Hall–Kier alpha value is -4.17. The van der Waals surface area contributed by atoms with E-state index in [1.54, 1.807) is 24.3 Å². The van der Waals surface area contributed by atoms with Crippen LogP contribution >= 0.6 is 11.3 Å². The number of aromatic nitrogens is 1. The summed E-state index contributed by atoms with van der Waals surface area (Å²) in [6.45, 7) is -0.434. The first-order valence-electron chi connectivity index (χ1n) is 10.3. The molecule has 0 bridgehead atoms. The Bertz CT molecular complexity index is 1600. The fraction of sp³-hybridized carbons (Fsp3) is 0.120. The summed E-state index contributed by atoms with van der Waals surface area (Å²) in [6, 6.07) is 13.1. The van der Waals surface area contributed by atoms with Gasteiger partial charge in [0.15, 0.2) is 11.5 Å². The Morgan fingerprint density at radius 3 is 2.44 bits per heavy atom. The van der Waals surface area contributed by atoms with Gasteiger partial charge in [0.1, 0.15) is 23.3 Å². The summed E-state index contributed by atoms with van der Waals surface area (Å²) in [5, 5.41) is 9.33. The van der Waals surface area contributed by atoms with Crippen LogP contribution in [0.4, 0.5) is 22.0 Å². The van der Waals surface area contributed by atoms with Gasteiger partial charge in [0, 0.05) is 16.5 Å². The molecular weight excluding hydrogens is 503 g/mol. The third-order valence-electron chi connectivity index (χ3n) is 5.58. The van der Waals surface area contributed by atoms with E-state index in [1.165, 1.54) is 12.1 Å². The minimum Gasteiger partial charge on any atom is -0.454 e. The van der Waals surface area contributed by atoms with E-state index in [0.29, 0.717) is 34.1 Å². The maximum atomic E-state index is 14.4. The van der Waals surface area contributed by atoms with Crippen LogP contribution in [0.2, 0.25) is 0 Å². The SMILES string of the molecule is N#Cc1c(C(F)(F)F)cc(-c2ccc(-c3ccc4c(c3)OCO4)s2)n(Cc2ccc(F)cc2F)c1=O. The summed E-state index contributed by atoms with van der Waals surface area (Å²) < 4.78 is 80.5. The Balaban J connectivity index is 1.67. The molecular formula is C25H13F5N2O3S. The second-order valence-electron chi connectivity index (χ2n) is 7.79. The molecule has 0 spiro atoms. The minimum absolute atomic E-state index is 0.0756. The second kappa shape index (κ2) is 8.80. The van der Waals surface area contributed by atoms with Crippen molar-refractivity contribution in [2.75, 3.05) is 6.79 Å². The number of halogens is 5. The highest BCUT2D eigenvalue weighted by Crippen LogP contribution is 2.41. The average Bonchev–Trinajstić information content (AvgIpc) is 3.50. The predicted octanol–water partition coefficient (Wildman–Crippen LogP) is 6.19. The van der Waals surface area contributed by atoms with E-state index in [2.05, 4.69) is 0 Å². The molecule has 36 heavy (non-hydrogen) atoms. The molecule has 0 aliphatic carbocycles. The molecule has 0 amide bonds. The van der Waals surface area contributed by atoms with Gasteiger partial charge in [-0.1, -0.05) is 6.07 Å². The van der Waals surface area contributed by atoms with Crippen LogP contribution in [0, 0.1) is 23.0 Å². The van der Waals surface area contributed by atoms with Crippen LogP contribution in [0.1, 0.15) is 16.7 Å². The van der Waals surface area contributed by atoms with Crippen molar-refractivity contribution in [2.24, 2.45) is 0 Å². The fourth-order valence-electron chi connectivity index (χ4n) is 3.84. The Kier molecular flexibility index (Phi) is 5.76. The van der Waals surface area contributed by atoms with Crippen molar-refractivity contribution in [3.8, 4) is 38.6 Å². The summed E-state index contributed by atoms with van der Waals surface area (Å²) in [7, 11) is 0. The molecule has 0 N–H and O–H groups in total. The zero-order valence-electron chi connectivity index (χ0n) is 18.0. The van der Waals surface area contributed by atoms with Crippen LogP contribution in [-0.4, -0.2) is 11.4 Å². The van der Waals surface area contributed by atoms with E-state index in [1.807, 2.05) is 0 Å². The standard InChI is InChI=1S/C25H13F5N2O3S/c26-15-3-1-14(18(27)8-15)11-32-19(9-17(25(28,29)30)16(10-31)24(32)33)23-6-5-22(36-23)13-2-4-20-21(7-13)35-12-34-20/h1-9H,11-12H2. The van der Waals surface area contributed by atoms with Crippen molar-refractivity contribution in [1.82, 2.24) is 4.57 Å². The van der Waals surface area contributed by atoms with Crippen LogP contribution < -0.4 is 15.0 Å². The van der Waals surface area contributed by atoms with Crippen molar-refractivity contribution in [3.05, 3.63) is 93.3 Å². The molecule has 5 rings (SSSR count). The largest absolute Gasteiger partial charge is 0.454 e. The second-order valence-corrected chi connectivity index (χ2v) is 8.87. The highest BCUT2D eigenvalue weighted by Gasteiger charge is 2.37. The number of thiophene rings is 1. The van der Waals surface area contributed by atoms with Crippen LogP contribution in [0.5, 0.6) is 11.5 Å². The van der Waals surface area contributed by atoms with Crippen molar-refractivity contribution < 1.29 is 31.4 Å². The third kappa shape index (κ3) is 4.20. The highest BCUT2D eigenvalue weighted by molar-refractivity contribution is 7.18. The molecule has 0 atom stereocenters. The number of hydrogen-bond acceptors (Lipinski definition) is 5. The van der Waals surface area contributed by atoms with E-state index < -0.39 is 41.0 Å². The van der Waals surface area contributed by atoms with E-state index >= 15 is 0 Å². The first-order valence-corrected chi connectivity index (χ1v) is 11.2. The van der Waals surface area contributed by atoms with Gasteiger partial charge in [-0.3, -0.25) is 4.79 Å². The predicted molar refractivity (Wildman–Crippen MR) is 121 cm³/mol. The van der Waals surface area contributed by atoms with Gasteiger partial charge in [0.25, 0.3) is 5.56 Å². The zero-order valence-corrected chi connectivity index (χ0v) is 18.8. The number of pyridine rings is 1. The van der Waals surface area contributed by atoms with Gasteiger partial charge in [-0.25, -0.2) is 8.78 Å². The van der Waals surface area contributed by atoms with Crippen molar-refractivity contribution in [2.45, 2.75) is 12.7 Å². The number of hydrogen-bond donors (Lipinski definition) is 0. The van der Waals surface area contributed by atoms with E-state index in [-0.39, 0.29) is 22.9 Å². The van der Waals surface area contributed by atoms with Crippen LogP contribution in [0.25, 0.3) is 21.0 Å². The maximum absolute atomic E-state index is 14.4. The lowest BCUT2D eigenvalue weighted by atomic mass is 10.1. The van der Waals surface area contributed by atoms with Gasteiger partial charge >= 0.3 is 6.18 Å². The minimum atomic E-state index is -4.98. The Labute approximate surface area is 204 Å². The highest BCUT2D eigenvalue weighted by atomic mass is 32.1. The summed E-state index contributed by atoms with van der Waals surface area (Å²) in [5.41, 5.74) is -3.31. The van der Waals surface area contributed by atoms with Gasteiger partial charge in [-0.05, 0) is 48.0 Å². The Morgan fingerprint density at radius 2 is 1.72 bits per heavy atom. The van der Waals surface area contributed by atoms with Crippen molar-refractivity contribution in [1.29, 1.82) is 5.26 Å². The summed E-state index contributed by atoms with van der Waals surface area (Å²) in [5.74, 6) is -0.740. The van der Waals surface area contributed by atoms with Gasteiger partial charge in [0.05, 0.1) is 22.7 Å². The number of nitriles is 1. The molecule has 0 unspecified atom stereocenters. The lowest BCUT2D eigenvalue weighted by Crippen LogP contribution is -2.28. The first kappa shape index (κ1) is 23.6. The zero-order chi connectivity index (χ0) is 25.6. The third-order valence-corrected chi connectivity index (χ3v) is 6.73.